The van der Waals surface area contributed by atoms with Gasteiger partial charge in [-0.1, -0.05) is 25.0 Å². The highest BCUT2D eigenvalue weighted by atomic mass is 16.4. The van der Waals surface area contributed by atoms with Crippen molar-refractivity contribution in [1.82, 2.24) is 5.32 Å². The van der Waals surface area contributed by atoms with Crippen LogP contribution in [-0.4, -0.2) is 23.2 Å². The first kappa shape index (κ1) is 9.71. The van der Waals surface area contributed by atoms with Gasteiger partial charge in [0.25, 0.3) is 0 Å². The highest BCUT2D eigenvalue weighted by Crippen LogP contribution is 2.23. The summed E-state index contributed by atoms with van der Waals surface area (Å²) in [4.78, 5) is 10.7. The number of carboxylic acids is 1. The van der Waals surface area contributed by atoms with Gasteiger partial charge in [0.15, 0.2) is 0 Å². The summed E-state index contributed by atoms with van der Waals surface area (Å²) in [7, 11) is 0. The molecule has 0 aromatic heterocycles. The van der Waals surface area contributed by atoms with E-state index in [2.05, 4.69) is 5.32 Å². The van der Waals surface area contributed by atoms with Gasteiger partial charge in [0.1, 0.15) is 0 Å². The third-order valence-electron chi connectivity index (χ3n) is 3.21. The lowest BCUT2D eigenvalue weighted by atomic mass is 10.1. The number of carboxylic acid groups (broad SMARTS) is 1. The van der Waals surface area contributed by atoms with Gasteiger partial charge in [-0.3, -0.25) is 4.79 Å². The van der Waals surface area contributed by atoms with Crippen molar-refractivity contribution in [3.8, 4) is 0 Å². The van der Waals surface area contributed by atoms with Crippen LogP contribution in [0.2, 0.25) is 0 Å². The molecule has 1 fully saturated rings. The first-order valence-electron chi connectivity index (χ1n) is 5.43. The second kappa shape index (κ2) is 4.13. The molecule has 2 unspecified atom stereocenters. The summed E-state index contributed by atoms with van der Waals surface area (Å²) in [5.41, 5.74) is 0. The monoisotopic (exact) mass is 195 g/mol. The molecule has 78 valence electrons. The quantitative estimate of drug-likeness (QED) is 0.672. The number of rotatable bonds is 3. The van der Waals surface area contributed by atoms with E-state index >= 15 is 0 Å². The highest BCUT2D eigenvalue weighted by molar-refractivity contribution is 5.73. The van der Waals surface area contributed by atoms with Crippen molar-refractivity contribution in [3.63, 3.8) is 0 Å². The SMILES string of the molecule is O=C(O)C1C=CC(NC2CCCC2)C1. The molecule has 1 saturated carbocycles. The number of carbonyl (C=O) groups is 1. The molecule has 0 spiro atoms. The van der Waals surface area contributed by atoms with Crippen LogP contribution in [0, 0.1) is 5.92 Å². The molecule has 3 nitrogen and oxygen atoms in total. The minimum Gasteiger partial charge on any atom is -0.481 e. The zero-order valence-corrected chi connectivity index (χ0v) is 8.28. The fourth-order valence-corrected chi connectivity index (χ4v) is 2.40. The van der Waals surface area contributed by atoms with Crippen LogP contribution in [0.4, 0.5) is 0 Å². The molecular formula is C11H17NO2. The zero-order valence-electron chi connectivity index (χ0n) is 8.28. The van der Waals surface area contributed by atoms with Crippen LogP contribution >= 0.6 is 0 Å². The van der Waals surface area contributed by atoms with E-state index in [0.29, 0.717) is 12.1 Å². The van der Waals surface area contributed by atoms with Gasteiger partial charge in [0, 0.05) is 12.1 Å². The van der Waals surface area contributed by atoms with E-state index in [0.717, 1.165) is 6.42 Å². The molecule has 0 aliphatic heterocycles. The molecule has 2 atom stereocenters. The van der Waals surface area contributed by atoms with Crippen molar-refractivity contribution in [2.24, 2.45) is 5.92 Å². The minimum absolute atomic E-state index is 0.270. The lowest BCUT2D eigenvalue weighted by Gasteiger charge is -2.17. The molecule has 0 saturated heterocycles. The number of hydrogen-bond donors (Lipinski definition) is 2. The number of aliphatic carboxylic acids is 1. The molecule has 14 heavy (non-hydrogen) atoms. The van der Waals surface area contributed by atoms with E-state index in [1.165, 1.54) is 25.7 Å². The highest BCUT2D eigenvalue weighted by Gasteiger charge is 2.26. The van der Waals surface area contributed by atoms with E-state index in [9.17, 15) is 4.79 Å². The molecular weight excluding hydrogens is 178 g/mol. The molecule has 2 N–H and O–H groups in total. The Morgan fingerprint density at radius 2 is 2.00 bits per heavy atom. The lowest BCUT2D eigenvalue weighted by Crippen LogP contribution is -2.35. The van der Waals surface area contributed by atoms with Crippen molar-refractivity contribution in [2.75, 3.05) is 0 Å². The fraction of sp³-hybridized carbons (Fsp3) is 0.727. The molecule has 0 amide bonds. The summed E-state index contributed by atoms with van der Waals surface area (Å²) < 4.78 is 0. The number of hydrogen-bond acceptors (Lipinski definition) is 2. The van der Waals surface area contributed by atoms with Crippen LogP contribution in [0.3, 0.4) is 0 Å². The van der Waals surface area contributed by atoms with Crippen molar-refractivity contribution in [2.45, 2.75) is 44.2 Å². The average Bonchev–Trinajstić information content (AvgIpc) is 2.75. The molecule has 0 bridgehead atoms. The summed E-state index contributed by atoms with van der Waals surface area (Å²) in [5, 5.41) is 12.3. The van der Waals surface area contributed by atoms with Crippen molar-refractivity contribution >= 4 is 5.97 Å². The molecule has 0 heterocycles. The van der Waals surface area contributed by atoms with E-state index in [1.54, 1.807) is 0 Å². The maximum atomic E-state index is 10.7. The second-order valence-corrected chi connectivity index (χ2v) is 4.32. The summed E-state index contributed by atoms with van der Waals surface area (Å²) >= 11 is 0. The van der Waals surface area contributed by atoms with Crippen LogP contribution < -0.4 is 5.32 Å². The molecule has 0 aromatic rings. The Labute approximate surface area is 84.2 Å². The van der Waals surface area contributed by atoms with Gasteiger partial charge in [-0.2, -0.15) is 0 Å². The Morgan fingerprint density at radius 1 is 1.29 bits per heavy atom. The summed E-state index contributed by atoms with van der Waals surface area (Å²) in [6.07, 6.45) is 9.69. The summed E-state index contributed by atoms with van der Waals surface area (Å²) in [6.45, 7) is 0. The topological polar surface area (TPSA) is 49.3 Å². The van der Waals surface area contributed by atoms with Crippen molar-refractivity contribution in [1.29, 1.82) is 0 Å². The van der Waals surface area contributed by atoms with Gasteiger partial charge in [-0.05, 0) is 19.3 Å². The van der Waals surface area contributed by atoms with Crippen LogP contribution in [0.1, 0.15) is 32.1 Å². The zero-order chi connectivity index (χ0) is 9.97. The van der Waals surface area contributed by atoms with Gasteiger partial charge < -0.3 is 10.4 Å². The Kier molecular flexibility index (Phi) is 2.87. The predicted molar refractivity (Wildman–Crippen MR) is 54.1 cm³/mol. The molecule has 0 aromatic carbocycles. The maximum absolute atomic E-state index is 10.7. The first-order valence-corrected chi connectivity index (χ1v) is 5.43. The normalized spacial score (nSPS) is 32.6. The van der Waals surface area contributed by atoms with Gasteiger partial charge >= 0.3 is 5.97 Å². The first-order chi connectivity index (χ1) is 6.75. The van der Waals surface area contributed by atoms with E-state index in [4.69, 9.17) is 5.11 Å². The smallest absolute Gasteiger partial charge is 0.310 e. The van der Waals surface area contributed by atoms with E-state index in [-0.39, 0.29) is 5.92 Å². The molecule has 3 heteroatoms. The molecule has 2 rings (SSSR count). The Balaban J connectivity index is 1.79. The summed E-state index contributed by atoms with van der Waals surface area (Å²) in [6, 6.07) is 0.913. The Hall–Kier alpha value is -0.830. The van der Waals surface area contributed by atoms with Crippen LogP contribution in [0.5, 0.6) is 0 Å². The third-order valence-corrected chi connectivity index (χ3v) is 3.21. The van der Waals surface area contributed by atoms with Crippen LogP contribution in [0.25, 0.3) is 0 Å². The summed E-state index contributed by atoms with van der Waals surface area (Å²) in [5.74, 6) is -0.967. The maximum Gasteiger partial charge on any atom is 0.310 e. The van der Waals surface area contributed by atoms with Crippen molar-refractivity contribution < 1.29 is 9.90 Å². The Morgan fingerprint density at radius 3 is 2.57 bits per heavy atom. The predicted octanol–water partition coefficient (Wildman–Crippen LogP) is 1.55. The van der Waals surface area contributed by atoms with Gasteiger partial charge in [-0.25, -0.2) is 0 Å². The van der Waals surface area contributed by atoms with E-state index < -0.39 is 5.97 Å². The average molecular weight is 195 g/mol. The largest absolute Gasteiger partial charge is 0.481 e. The molecule has 2 aliphatic rings. The fourth-order valence-electron chi connectivity index (χ4n) is 2.40. The minimum atomic E-state index is -0.697. The van der Waals surface area contributed by atoms with Crippen LogP contribution in [0.15, 0.2) is 12.2 Å². The Bertz CT molecular complexity index is 244. The molecule has 2 aliphatic carbocycles. The second-order valence-electron chi connectivity index (χ2n) is 4.32. The van der Waals surface area contributed by atoms with Crippen molar-refractivity contribution in [3.05, 3.63) is 12.2 Å². The van der Waals surface area contributed by atoms with Gasteiger partial charge in [0.05, 0.1) is 5.92 Å². The third kappa shape index (κ3) is 2.15. The van der Waals surface area contributed by atoms with Crippen LogP contribution in [-0.2, 0) is 4.79 Å². The number of nitrogens with one attached hydrogen (secondary N) is 1. The van der Waals surface area contributed by atoms with Gasteiger partial charge in [0.2, 0.25) is 0 Å². The van der Waals surface area contributed by atoms with E-state index in [1.807, 2.05) is 12.2 Å². The lowest BCUT2D eigenvalue weighted by molar-refractivity contribution is -0.140. The molecule has 0 radical (unpaired) electrons. The standard InChI is InChI=1S/C11H17NO2/c13-11(14)8-5-6-10(7-8)12-9-3-1-2-4-9/h5-6,8-10,12H,1-4,7H2,(H,13,14). The van der Waals surface area contributed by atoms with Gasteiger partial charge in [-0.15, -0.1) is 0 Å².